The maximum Gasteiger partial charge on any atom is 0.279 e. The monoisotopic (exact) mass is 314 g/mol. The second-order valence-corrected chi connectivity index (χ2v) is 4.99. The molecule has 2 aromatic carbocycles. The molecular formula is C17H18N2O4. The van der Waals surface area contributed by atoms with E-state index < -0.39 is 17.9 Å². The van der Waals surface area contributed by atoms with E-state index in [9.17, 15) is 14.7 Å². The van der Waals surface area contributed by atoms with Gasteiger partial charge in [-0.3, -0.25) is 20.4 Å². The second kappa shape index (κ2) is 7.31. The zero-order valence-electron chi connectivity index (χ0n) is 12.9. The van der Waals surface area contributed by atoms with Gasteiger partial charge in [-0.2, -0.15) is 0 Å². The lowest BCUT2D eigenvalue weighted by atomic mass is 10.1. The molecule has 0 bridgehead atoms. The third-order valence-electron chi connectivity index (χ3n) is 3.21. The van der Waals surface area contributed by atoms with Crippen LogP contribution in [0.2, 0.25) is 0 Å². The number of benzene rings is 2. The van der Waals surface area contributed by atoms with Crippen molar-refractivity contribution in [2.75, 3.05) is 0 Å². The molecule has 0 heterocycles. The summed E-state index contributed by atoms with van der Waals surface area (Å²) in [5, 5.41) is 9.84. The highest BCUT2D eigenvalue weighted by Crippen LogP contribution is 2.20. The van der Waals surface area contributed by atoms with E-state index in [4.69, 9.17) is 4.74 Å². The Balaban J connectivity index is 1.91. The molecule has 0 aliphatic heterocycles. The molecule has 6 heteroatoms. The van der Waals surface area contributed by atoms with E-state index >= 15 is 0 Å². The summed E-state index contributed by atoms with van der Waals surface area (Å²) in [6.07, 6.45) is -0.788. The van der Waals surface area contributed by atoms with Crippen LogP contribution in [0.1, 0.15) is 22.8 Å². The molecule has 3 N–H and O–H groups in total. The summed E-state index contributed by atoms with van der Waals surface area (Å²) in [6, 6.07) is 13.7. The third-order valence-corrected chi connectivity index (χ3v) is 3.21. The molecule has 1 atom stereocenters. The molecule has 1 unspecified atom stereocenters. The Hall–Kier alpha value is -3.02. The van der Waals surface area contributed by atoms with Gasteiger partial charge in [0.1, 0.15) is 11.5 Å². The summed E-state index contributed by atoms with van der Waals surface area (Å²) in [5.74, 6) is -0.675. The number of aromatic hydroxyl groups is 1. The fourth-order valence-electron chi connectivity index (χ4n) is 1.89. The van der Waals surface area contributed by atoms with Gasteiger partial charge in [-0.25, -0.2) is 0 Å². The number of carbonyl (C=O) groups excluding carboxylic acids is 2. The largest absolute Gasteiger partial charge is 0.507 e. The maximum atomic E-state index is 12.0. The standard InChI is InChI=1S/C17H18N2O4/c1-11-7-6-10-14(15(11)20)17(22)19-18-16(21)12(2)23-13-8-4-3-5-9-13/h3-10,12,20H,1-2H3,(H,18,21)(H,19,22). The Morgan fingerprint density at radius 1 is 1.04 bits per heavy atom. The molecule has 120 valence electrons. The minimum atomic E-state index is -0.788. The number of para-hydroxylation sites is 2. The quantitative estimate of drug-likeness (QED) is 0.753. The third kappa shape index (κ3) is 4.23. The lowest BCUT2D eigenvalue weighted by Crippen LogP contribution is -2.47. The first-order valence-corrected chi connectivity index (χ1v) is 7.09. The van der Waals surface area contributed by atoms with Crippen molar-refractivity contribution in [3.05, 3.63) is 59.7 Å². The average molecular weight is 314 g/mol. The Morgan fingerprint density at radius 3 is 2.43 bits per heavy atom. The predicted molar refractivity (Wildman–Crippen MR) is 85.0 cm³/mol. The first kappa shape index (κ1) is 16.4. The van der Waals surface area contributed by atoms with Gasteiger partial charge in [0.2, 0.25) is 0 Å². The fraction of sp³-hybridized carbons (Fsp3) is 0.176. The van der Waals surface area contributed by atoms with E-state index in [0.717, 1.165) is 0 Å². The van der Waals surface area contributed by atoms with Crippen LogP contribution in [0, 0.1) is 6.92 Å². The van der Waals surface area contributed by atoms with Crippen LogP contribution in [0.5, 0.6) is 11.5 Å². The van der Waals surface area contributed by atoms with Crippen molar-refractivity contribution in [1.29, 1.82) is 0 Å². The summed E-state index contributed by atoms with van der Waals surface area (Å²) >= 11 is 0. The number of hydrogen-bond donors (Lipinski definition) is 3. The van der Waals surface area contributed by atoms with Gasteiger partial charge in [0, 0.05) is 0 Å². The highest BCUT2D eigenvalue weighted by molar-refractivity contribution is 5.98. The first-order valence-electron chi connectivity index (χ1n) is 7.09. The van der Waals surface area contributed by atoms with Gasteiger partial charge >= 0.3 is 0 Å². The van der Waals surface area contributed by atoms with Gasteiger partial charge in [-0.05, 0) is 37.6 Å². The second-order valence-electron chi connectivity index (χ2n) is 4.99. The molecular weight excluding hydrogens is 296 g/mol. The molecule has 6 nitrogen and oxygen atoms in total. The number of carbonyl (C=O) groups is 2. The van der Waals surface area contributed by atoms with Crippen molar-refractivity contribution in [3.63, 3.8) is 0 Å². The van der Waals surface area contributed by atoms with Crippen LogP contribution in [0.15, 0.2) is 48.5 Å². The van der Waals surface area contributed by atoms with E-state index in [0.29, 0.717) is 11.3 Å². The van der Waals surface area contributed by atoms with E-state index in [1.165, 1.54) is 6.07 Å². The van der Waals surface area contributed by atoms with Gasteiger partial charge in [-0.15, -0.1) is 0 Å². The smallest absolute Gasteiger partial charge is 0.279 e. The number of ether oxygens (including phenoxy) is 1. The molecule has 0 saturated heterocycles. The van der Waals surface area contributed by atoms with Crippen molar-refractivity contribution in [2.45, 2.75) is 20.0 Å². The molecule has 0 aliphatic carbocycles. The zero-order valence-corrected chi connectivity index (χ0v) is 12.9. The van der Waals surface area contributed by atoms with Gasteiger partial charge in [-0.1, -0.05) is 30.3 Å². The van der Waals surface area contributed by atoms with E-state index in [1.54, 1.807) is 50.2 Å². The number of amides is 2. The molecule has 0 radical (unpaired) electrons. The van der Waals surface area contributed by atoms with Gasteiger partial charge < -0.3 is 9.84 Å². The van der Waals surface area contributed by atoms with Crippen LogP contribution >= 0.6 is 0 Å². The van der Waals surface area contributed by atoms with Crippen LogP contribution in [0.25, 0.3) is 0 Å². The maximum absolute atomic E-state index is 12.0. The van der Waals surface area contributed by atoms with Crippen LogP contribution in [-0.2, 0) is 4.79 Å². The van der Waals surface area contributed by atoms with Crippen LogP contribution in [-0.4, -0.2) is 23.0 Å². The Labute approximate surface area is 134 Å². The lowest BCUT2D eigenvalue weighted by Gasteiger charge is -2.15. The zero-order chi connectivity index (χ0) is 16.8. The summed E-state index contributed by atoms with van der Waals surface area (Å²) in [7, 11) is 0. The molecule has 0 fully saturated rings. The molecule has 0 spiro atoms. The molecule has 0 saturated carbocycles. The van der Waals surface area contributed by atoms with Gasteiger partial charge in [0.15, 0.2) is 6.10 Å². The minimum Gasteiger partial charge on any atom is -0.507 e. The highest BCUT2D eigenvalue weighted by Gasteiger charge is 2.17. The van der Waals surface area contributed by atoms with Gasteiger partial charge in [0.25, 0.3) is 11.8 Å². The Morgan fingerprint density at radius 2 is 1.74 bits per heavy atom. The number of nitrogens with one attached hydrogen (secondary N) is 2. The van der Waals surface area contributed by atoms with Crippen molar-refractivity contribution in [3.8, 4) is 11.5 Å². The summed E-state index contributed by atoms with van der Waals surface area (Å²) in [5.41, 5.74) is 5.19. The number of hydrogen-bond acceptors (Lipinski definition) is 4. The fourth-order valence-corrected chi connectivity index (χ4v) is 1.89. The topological polar surface area (TPSA) is 87.7 Å². The van der Waals surface area contributed by atoms with Gasteiger partial charge in [0.05, 0.1) is 5.56 Å². The summed E-state index contributed by atoms with van der Waals surface area (Å²) < 4.78 is 5.44. The molecule has 23 heavy (non-hydrogen) atoms. The number of rotatable bonds is 4. The first-order chi connectivity index (χ1) is 11.0. The van der Waals surface area contributed by atoms with Crippen molar-refractivity contribution < 1.29 is 19.4 Å². The van der Waals surface area contributed by atoms with Crippen LogP contribution in [0.3, 0.4) is 0 Å². The SMILES string of the molecule is Cc1cccc(C(=O)NNC(=O)C(C)Oc2ccccc2)c1O. The summed E-state index contributed by atoms with van der Waals surface area (Å²) in [6.45, 7) is 3.25. The average Bonchev–Trinajstić information content (AvgIpc) is 2.55. The molecule has 2 rings (SSSR count). The van der Waals surface area contributed by atoms with Crippen molar-refractivity contribution in [2.24, 2.45) is 0 Å². The number of hydrazine groups is 1. The van der Waals surface area contributed by atoms with E-state index in [-0.39, 0.29) is 11.3 Å². The van der Waals surface area contributed by atoms with Crippen molar-refractivity contribution in [1.82, 2.24) is 10.9 Å². The Bertz CT molecular complexity index is 701. The minimum absolute atomic E-state index is 0.0851. The number of phenols is 1. The van der Waals surface area contributed by atoms with E-state index in [1.807, 2.05) is 6.07 Å². The number of phenolic OH excluding ortho intramolecular Hbond substituents is 1. The molecule has 0 aromatic heterocycles. The lowest BCUT2D eigenvalue weighted by molar-refractivity contribution is -0.128. The Kier molecular flexibility index (Phi) is 5.19. The molecule has 2 aromatic rings. The highest BCUT2D eigenvalue weighted by atomic mass is 16.5. The number of aryl methyl sites for hydroxylation is 1. The summed E-state index contributed by atoms with van der Waals surface area (Å²) in [4.78, 5) is 23.9. The van der Waals surface area contributed by atoms with Crippen LogP contribution in [0.4, 0.5) is 0 Å². The molecule has 2 amide bonds. The van der Waals surface area contributed by atoms with Crippen LogP contribution < -0.4 is 15.6 Å². The normalized spacial score (nSPS) is 11.4. The predicted octanol–water partition coefficient (Wildman–Crippen LogP) is 1.93. The van der Waals surface area contributed by atoms with Crippen molar-refractivity contribution >= 4 is 11.8 Å². The van der Waals surface area contributed by atoms with E-state index in [2.05, 4.69) is 10.9 Å². The molecule has 0 aliphatic rings.